The van der Waals surface area contributed by atoms with Gasteiger partial charge in [0.1, 0.15) is 6.10 Å². The van der Waals surface area contributed by atoms with Gasteiger partial charge >= 0.3 is 0 Å². The maximum absolute atomic E-state index is 12.2. The monoisotopic (exact) mass is 228 g/mol. The molecule has 0 radical (unpaired) electrons. The van der Waals surface area contributed by atoms with Crippen LogP contribution in [0.2, 0.25) is 0 Å². The van der Waals surface area contributed by atoms with Crippen LogP contribution in [0.1, 0.15) is 27.2 Å². The van der Waals surface area contributed by atoms with Gasteiger partial charge in [-0.25, -0.2) is 0 Å². The Hall–Kier alpha value is -0.610. The number of hydrogen-bond donors (Lipinski definition) is 1. The largest absolute Gasteiger partial charge is 0.368 e. The molecule has 16 heavy (non-hydrogen) atoms. The molecule has 0 saturated carbocycles. The predicted octanol–water partition coefficient (Wildman–Crippen LogP) is 0.855. The molecule has 1 amide bonds. The van der Waals surface area contributed by atoms with E-state index in [9.17, 15) is 4.79 Å². The van der Waals surface area contributed by atoms with Crippen LogP contribution in [-0.4, -0.2) is 43.2 Å². The summed E-state index contributed by atoms with van der Waals surface area (Å²) in [6.45, 7) is 8.94. The summed E-state index contributed by atoms with van der Waals surface area (Å²) in [6, 6.07) is 0. The fourth-order valence-corrected chi connectivity index (χ4v) is 2.02. The van der Waals surface area contributed by atoms with Gasteiger partial charge in [-0.1, -0.05) is 13.8 Å². The van der Waals surface area contributed by atoms with E-state index in [-0.39, 0.29) is 12.0 Å². The number of rotatable bonds is 5. The van der Waals surface area contributed by atoms with E-state index < -0.39 is 0 Å². The van der Waals surface area contributed by atoms with E-state index in [0.717, 1.165) is 19.5 Å². The van der Waals surface area contributed by atoms with E-state index >= 15 is 0 Å². The molecule has 2 N–H and O–H groups in total. The van der Waals surface area contributed by atoms with Crippen LogP contribution < -0.4 is 5.73 Å². The van der Waals surface area contributed by atoms with Crippen LogP contribution >= 0.6 is 0 Å². The lowest BCUT2D eigenvalue weighted by Crippen LogP contribution is -2.44. The van der Waals surface area contributed by atoms with Crippen molar-refractivity contribution in [2.75, 3.05) is 26.2 Å². The van der Waals surface area contributed by atoms with Gasteiger partial charge in [0.2, 0.25) is 0 Å². The zero-order valence-electron chi connectivity index (χ0n) is 10.6. The first-order valence-corrected chi connectivity index (χ1v) is 6.20. The Morgan fingerprint density at radius 2 is 2.31 bits per heavy atom. The fourth-order valence-electron chi connectivity index (χ4n) is 2.02. The number of nitrogens with two attached hydrogens (primary N) is 1. The average molecular weight is 228 g/mol. The van der Waals surface area contributed by atoms with Crippen LogP contribution in [0.25, 0.3) is 0 Å². The van der Waals surface area contributed by atoms with Gasteiger partial charge in [-0.15, -0.1) is 0 Å². The van der Waals surface area contributed by atoms with Crippen LogP contribution in [0, 0.1) is 11.8 Å². The molecule has 0 aromatic heterocycles. The molecule has 1 saturated heterocycles. The van der Waals surface area contributed by atoms with Gasteiger partial charge in [-0.05, 0) is 31.7 Å². The van der Waals surface area contributed by atoms with Crippen molar-refractivity contribution in [2.24, 2.45) is 17.6 Å². The zero-order chi connectivity index (χ0) is 12.1. The highest BCUT2D eigenvalue weighted by Gasteiger charge is 2.33. The van der Waals surface area contributed by atoms with E-state index in [0.29, 0.717) is 25.0 Å². The van der Waals surface area contributed by atoms with Gasteiger partial charge in [-0.3, -0.25) is 4.79 Å². The van der Waals surface area contributed by atoms with Crippen molar-refractivity contribution in [1.29, 1.82) is 0 Å². The maximum atomic E-state index is 12.2. The number of carbonyl (C=O) groups is 1. The maximum Gasteiger partial charge on any atom is 0.251 e. The summed E-state index contributed by atoms with van der Waals surface area (Å²) >= 11 is 0. The lowest BCUT2D eigenvalue weighted by molar-refractivity contribution is -0.142. The third-order valence-electron chi connectivity index (χ3n) is 3.26. The molecule has 0 aromatic carbocycles. The van der Waals surface area contributed by atoms with Crippen LogP contribution in [0.15, 0.2) is 0 Å². The Bertz CT molecular complexity index is 233. The molecule has 3 atom stereocenters. The minimum Gasteiger partial charge on any atom is -0.368 e. The molecule has 0 spiro atoms. The first-order valence-electron chi connectivity index (χ1n) is 6.20. The molecule has 0 aromatic rings. The second-order valence-electron chi connectivity index (χ2n) is 4.78. The highest BCUT2D eigenvalue weighted by Crippen LogP contribution is 2.22. The first kappa shape index (κ1) is 13.5. The molecule has 0 bridgehead atoms. The Kier molecular flexibility index (Phi) is 5.22. The van der Waals surface area contributed by atoms with Gasteiger partial charge < -0.3 is 15.4 Å². The molecule has 0 aliphatic carbocycles. The van der Waals surface area contributed by atoms with Crippen molar-refractivity contribution in [3.63, 3.8) is 0 Å². The van der Waals surface area contributed by atoms with Crippen molar-refractivity contribution >= 4 is 5.91 Å². The Balaban J connectivity index is 2.54. The number of nitrogens with zero attached hydrogens (tertiary/aromatic N) is 1. The zero-order valence-corrected chi connectivity index (χ0v) is 10.6. The number of ether oxygens (including phenoxy) is 1. The summed E-state index contributed by atoms with van der Waals surface area (Å²) < 4.78 is 5.50. The molecule has 4 heteroatoms. The third kappa shape index (κ3) is 3.19. The molecule has 4 nitrogen and oxygen atoms in total. The van der Waals surface area contributed by atoms with E-state index in [2.05, 4.69) is 13.8 Å². The van der Waals surface area contributed by atoms with Gasteiger partial charge in [0, 0.05) is 19.7 Å². The normalized spacial score (nSPS) is 26.8. The minimum absolute atomic E-state index is 0.132. The number of hydrogen-bond acceptors (Lipinski definition) is 3. The quantitative estimate of drug-likeness (QED) is 0.759. The van der Waals surface area contributed by atoms with E-state index in [1.165, 1.54) is 0 Å². The highest BCUT2D eigenvalue weighted by molar-refractivity contribution is 5.81. The summed E-state index contributed by atoms with van der Waals surface area (Å²) in [5.74, 6) is 0.822. The summed E-state index contributed by atoms with van der Waals surface area (Å²) in [7, 11) is 0. The van der Waals surface area contributed by atoms with E-state index in [1.54, 1.807) is 0 Å². The lowest BCUT2D eigenvalue weighted by atomic mass is 10.0. The van der Waals surface area contributed by atoms with Crippen molar-refractivity contribution in [3.8, 4) is 0 Å². The van der Waals surface area contributed by atoms with Gasteiger partial charge in [-0.2, -0.15) is 0 Å². The highest BCUT2D eigenvalue weighted by atomic mass is 16.5. The topological polar surface area (TPSA) is 55.6 Å². The third-order valence-corrected chi connectivity index (χ3v) is 3.26. The molecule has 1 fully saturated rings. The van der Waals surface area contributed by atoms with Crippen molar-refractivity contribution in [1.82, 2.24) is 4.90 Å². The van der Waals surface area contributed by atoms with E-state index in [4.69, 9.17) is 10.5 Å². The molecule has 3 unspecified atom stereocenters. The average Bonchev–Trinajstić information content (AvgIpc) is 2.71. The van der Waals surface area contributed by atoms with Crippen molar-refractivity contribution < 1.29 is 9.53 Å². The summed E-state index contributed by atoms with van der Waals surface area (Å²) in [5, 5.41) is 0. The number of likely N-dealkylation sites (N-methyl/N-ethyl adjacent to an activating group) is 1. The second-order valence-corrected chi connectivity index (χ2v) is 4.78. The second kappa shape index (κ2) is 6.21. The van der Waals surface area contributed by atoms with Crippen LogP contribution in [0.5, 0.6) is 0 Å². The minimum atomic E-state index is -0.232. The summed E-state index contributed by atoms with van der Waals surface area (Å²) in [4.78, 5) is 14.1. The van der Waals surface area contributed by atoms with Crippen LogP contribution in [-0.2, 0) is 9.53 Å². The molecular formula is C12H24N2O2. The van der Waals surface area contributed by atoms with Gasteiger partial charge in [0.15, 0.2) is 0 Å². The van der Waals surface area contributed by atoms with Crippen LogP contribution in [0.4, 0.5) is 0 Å². The van der Waals surface area contributed by atoms with E-state index in [1.807, 2.05) is 11.8 Å². The standard InChI is InChI=1S/C12H24N2O2/c1-4-14(8-9(2)7-13)12(15)11-10(3)5-6-16-11/h9-11H,4-8,13H2,1-3H3. The van der Waals surface area contributed by atoms with Gasteiger partial charge in [0.05, 0.1) is 0 Å². The first-order chi connectivity index (χ1) is 7.60. The number of carbonyl (C=O) groups excluding carboxylic acids is 1. The molecule has 1 heterocycles. The lowest BCUT2D eigenvalue weighted by Gasteiger charge is -2.27. The Labute approximate surface area is 98.1 Å². The molecule has 1 aliphatic heterocycles. The fraction of sp³-hybridized carbons (Fsp3) is 0.917. The SMILES string of the molecule is CCN(CC(C)CN)C(=O)C1OCCC1C. The van der Waals surface area contributed by atoms with Gasteiger partial charge in [0.25, 0.3) is 5.91 Å². The summed E-state index contributed by atoms with van der Waals surface area (Å²) in [5.41, 5.74) is 5.59. The van der Waals surface area contributed by atoms with Crippen LogP contribution in [0.3, 0.4) is 0 Å². The predicted molar refractivity (Wildman–Crippen MR) is 64.0 cm³/mol. The summed E-state index contributed by atoms with van der Waals surface area (Å²) in [6.07, 6.45) is 0.755. The molecule has 1 aliphatic rings. The molecule has 94 valence electrons. The Morgan fingerprint density at radius 1 is 1.62 bits per heavy atom. The van der Waals surface area contributed by atoms with Crippen molar-refractivity contribution in [2.45, 2.75) is 33.3 Å². The van der Waals surface area contributed by atoms with Crippen molar-refractivity contribution in [3.05, 3.63) is 0 Å². The number of amides is 1. The smallest absolute Gasteiger partial charge is 0.251 e. The molecular weight excluding hydrogens is 204 g/mol. The molecule has 1 rings (SSSR count). The Morgan fingerprint density at radius 3 is 2.75 bits per heavy atom.